The maximum absolute atomic E-state index is 11.7. The Morgan fingerprint density at radius 3 is 2.42 bits per heavy atom. The number of rotatable bonds is 3. The Bertz CT molecular complexity index is 522. The Kier molecular flexibility index (Phi) is 4.31. The van der Waals surface area contributed by atoms with Gasteiger partial charge in [-0.15, -0.1) is 0 Å². The van der Waals surface area contributed by atoms with Crippen molar-refractivity contribution in [3.8, 4) is 0 Å². The van der Waals surface area contributed by atoms with Gasteiger partial charge in [0.1, 0.15) is 9.84 Å². The zero-order valence-corrected chi connectivity index (χ0v) is 12.5. The summed E-state index contributed by atoms with van der Waals surface area (Å²) in [5, 5.41) is -0.206. The first kappa shape index (κ1) is 14.5. The van der Waals surface area contributed by atoms with Crippen LogP contribution in [0.5, 0.6) is 0 Å². The molecule has 0 amide bonds. The molecule has 2 N–H and O–H groups in total. The lowest BCUT2D eigenvalue weighted by molar-refractivity contribution is 0.309. The molecule has 1 aromatic rings. The second-order valence-electron chi connectivity index (χ2n) is 5.81. The number of sulfone groups is 1. The van der Waals surface area contributed by atoms with Gasteiger partial charge in [-0.25, -0.2) is 8.42 Å². The van der Waals surface area contributed by atoms with Crippen molar-refractivity contribution in [3.05, 3.63) is 35.4 Å². The minimum Gasteiger partial charge on any atom is -0.324 e. The Balaban J connectivity index is 2.11. The molecule has 2 rings (SSSR count). The van der Waals surface area contributed by atoms with Crippen LogP contribution in [-0.4, -0.2) is 19.9 Å². The van der Waals surface area contributed by atoms with Crippen LogP contribution < -0.4 is 5.73 Å². The second kappa shape index (κ2) is 5.63. The van der Waals surface area contributed by atoms with Crippen molar-refractivity contribution in [2.75, 3.05) is 6.26 Å². The lowest BCUT2D eigenvalue weighted by Gasteiger charge is -2.32. The molecule has 0 spiro atoms. The van der Waals surface area contributed by atoms with Crippen molar-refractivity contribution < 1.29 is 8.42 Å². The normalized spacial score (nSPS) is 26.1. The largest absolute Gasteiger partial charge is 0.324 e. The van der Waals surface area contributed by atoms with Gasteiger partial charge in [-0.1, -0.05) is 36.2 Å². The van der Waals surface area contributed by atoms with Crippen molar-refractivity contribution in [2.24, 2.45) is 11.7 Å². The fourth-order valence-electron chi connectivity index (χ4n) is 2.96. The molecule has 106 valence electrons. The van der Waals surface area contributed by atoms with E-state index in [4.69, 9.17) is 5.73 Å². The van der Waals surface area contributed by atoms with Crippen LogP contribution in [0.2, 0.25) is 0 Å². The first-order valence-electron chi connectivity index (χ1n) is 6.89. The van der Waals surface area contributed by atoms with E-state index < -0.39 is 9.84 Å². The highest BCUT2D eigenvalue weighted by Gasteiger charge is 2.32. The van der Waals surface area contributed by atoms with Crippen molar-refractivity contribution in [3.63, 3.8) is 0 Å². The molecule has 0 radical (unpaired) electrons. The van der Waals surface area contributed by atoms with E-state index in [2.05, 4.69) is 31.2 Å². The molecule has 1 aliphatic rings. The first-order valence-corrected chi connectivity index (χ1v) is 8.84. The van der Waals surface area contributed by atoms with Gasteiger partial charge in [-0.05, 0) is 37.7 Å². The molecule has 0 heterocycles. The maximum Gasteiger partial charge on any atom is 0.150 e. The fourth-order valence-corrected chi connectivity index (χ4v) is 4.15. The van der Waals surface area contributed by atoms with Gasteiger partial charge in [0.15, 0.2) is 0 Å². The monoisotopic (exact) mass is 281 g/mol. The van der Waals surface area contributed by atoms with Gasteiger partial charge < -0.3 is 5.73 Å². The summed E-state index contributed by atoms with van der Waals surface area (Å²) in [5.41, 5.74) is 8.66. The van der Waals surface area contributed by atoms with E-state index in [0.29, 0.717) is 6.42 Å². The molecular weight excluding hydrogens is 258 g/mol. The number of nitrogens with two attached hydrogens (primary N) is 1. The quantitative estimate of drug-likeness (QED) is 0.926. The van der Waals surface area contributed by atoms with E-state index in [-0.39, 0.29) is 17.2 Å². The molecule has 1 fully saturated rings. The number of hydrogen-bond acceptors (Lipinski definition) is 3. The summed E-state index contributed by atoms with van der Waals surface area (Å²) in [4.78, 5) is 0. The summed E-state index contributed by atoms with van der Waals surface area (Å²) in [5.74, 6) is 0.274. The average molecular weight is 281 g/mol. The van der Waals surface area contributed by atoms with E-state index in [0.717, 1.165) is 24.8 Å². The minimum absolute atomic E-state index is 0.0508. The molecule has 19 heavy (non-hydrogen) atoms. The molecule has 0 saturated heterocycles. The van der Waals surface area contributed by atoms with Crippen LogP contribution in [0, 0.1) is 12.8 Å². The molecule has 1 saturated carbocycles. The highest BCUT2D eigenvalue weighted by atomic mass is 32.2. The smallest absolute Gasteiger partial charge is 0.150 e. The van der Waals surface area contributed by atoms with Gasteiger partial charge in [0.25, 0.3) is 0 Å². The molecule has 0 aromatic heterocycles. The van der Waals surface area contributed by atoms with E-state index in [9.17, 15) is 8.42 Å². The molecular formula is C15H23NO2S. The third-order valence-corrected chi connectivity index (χ3v) is 5.88. The molecule has 0 bridgehead atoms. The summed E-state index contributed by atoms with van der Waals surface area (Å²) in [6.45, 7) is 2.05. The van der Waals surface area contributed by atoms with Gasteiger partial charge in [0.05, 0.1) is 5.25 Å². The van der Waals surface area contributed by atoms with Crippen molar-refractivity contribution >= 4 is 9.84 Å². The highest BCUT2D eigenvalue weighted by molar-refractivity contribution is 7.91. The van der Waals surface area contributed by atoms with E-state index in [1.807, 2.05) is 0 Å². The van der Waals surface area contributed by atoms with Crippen LogP contribution in [0.1, 0.15) is 42.9 Å². The summed E-state index contributed by atoms with van der Waals surface area (Å²) < 4.78 is 23.4. The molecule has 3 nitrogen and oxygen atoms in total. The maximum atomic E-state index is 11.7. The lowest BCUT2D eigenvalue weighted by Crippen LogP contribution is -2.32. The Hall–Kier alpha value is -0.870. The van der Waals surface area contributed by atoms with Gasteiger partial charge in [-0.3, -0.25) is 0 Å². The van der Waals surface area contributed by atoms with Crippen molar-refractivity contribution in [1.82, 2.24) is 0 Å². The lowest BCUT2D eigenvalue weighted by atomic mass is 9.81. The predicted octanol–water partition coefficient (Wildman–Crippen LogP) is 2.60. The summed E-state index contributed by atoms with van der Waals surface area (Å²) in [6, 6.07) is 8.19. The van der Waals surface area contributed by atoms with Crippen LogP contribution in [0.15, 0.2) is 24.3 Å². The van der Waals surface area contributed by atoms with Gasteiger partial charge in [0, 0.05) is 12.3 Å². The fraction of sp³-hybridized carbons (Fsp3) is 0.600. The highest BCUT2D eigenvalue weighted by Crippen LogP contribution is 2.35. The SMILES string of the molecule is Cc1ccc(C(N)C2CCCC(S(C)(=O)=O)C2)cc1. The second-order valence-corrected chi connectivity index (χ2v) is 8.14. The topological polar surface area (TPSA) is 60.2 Å². The number of aryl methyl sites for hydroxylation is 1. The first-order chi connectivity index (χ1) is 8.88. The summed E-state index contributed by atoms with van der Waals surface area (Å²) >= 11 is 0. The van der Waals surface area contributed by atoms with Crippen LogP contribution in [0.25, 0.3) is 0 Å². The van der Waals surface area contributed by atoms with Gasteiger partial charge >= 0.3 is 0 Å². The number of benzene rings is 1. The van der Waals surface area contributed by atoms with Crippen LogP contribution in [-0.2, 0) is 9.84 Å². The molecule has 4 heteroatoms. The molecule has 3 unspecified atom stereocenters. The third-order valence-electron chi connectivity index (χ3n) is 4.24. The average Bonchev–Trinajstić information content (AvgIpc) is 2.38. The third kappa shape index (κ3) is 3.57. The van der Waals surface area contributed by atoms with Crippen LogP contribution in [0.3, 0.4) is 0 Å². The Morgan fingerprint density at radius 1 is 1.21 bits per heavy atom. The van der Waals surface area contributed by atoms with Gasteiger partial charge in [-0.2, -0.15) is 0 Å². The minimum atomic E-state index is -2.94. The molecule has 1 aliphatic carbocycles. The zero-order chi connectivity index (χ0) is 14.0. The van der Waals surface area contributed by atoms with Crippen molar-refractivity contribution in [1.29, 1.82) is 0 Å². The Morgan fingerprint density at radius 2 is 1.84 bits per heavy atom. The summed E-state index contributed by atoms with van der Waals surface area (Å²) in [6.07, 6.45) is 4.82. The van der Waals surface area contributed by atoms with Crippen LogP contribution in [0.4, 0.5) is 0 Å². The van der Waals surface area contributed by atoms with E-state index in [1.165, 1.54) is 11.8 Å². The number of hydrogen-bond donors (Lipinski definition) is 1. The van der Waals surface area contributed by atoms with E-state index in [1.54, 1.807) is 0 Å². The Labute approximate surface area is 116 Å². The molecule has 0 aliphatic heterocycles. The zero-order valence-electron chi connectivity index (χ0n) is 11.7. The predicted molar refractivity (Wildman–Crippen MR) is 78.7 cm³/mol. The van der Waals surface area contributed by atoms with Crippen molar-refractivity contribution in [2.45, 2.75) is 43.9 Å². The van der Waals surface area contributed by atoms with Crippen LogP contribution >= 0.6 is 0 Å². The summed E-state index contributed by atoms with van der Waals surface area (Å²) in [7, 11) is -2.94. The molecule has 1 aromatic carbocycles. The van der Waals surface area contributed by atoms with E-state index >= 15 is 0 Å². The standard InChI is InChI=1S/C15H23NO2S/c1-11-6-8-12(9-7-11)15(16)13-4-3-5-14(10-13)19(2,17)18/h6-9,13-15H,3-5,10,16H2,1-2H3. The molecule has 3 atom stereocenters. The van der Waals surface area contributed by atoms with Gasteiger partial charge in [0.2, 0.25) is 0 Å².